The van der Waals surface area contributed by atoms with Crippen LogP contribution in [0, 0.1) is 0 Å². The van der Waals surface area contributed by atoms with E-state index in [9.17, 15) is 9.59 Å². The fourth-order valence-electron chi connectivity index (χ4n) is 5.14. The summed E-state index contributed by atoms with van der Waals surface area (Å²) in [6.07, 6.45) is 10.3. The lowest BCUT2D eigenvalue weighted by Crippen LogP contribution is -2.38. The maximum absolute atomic E-state index is 13.3. The van der Waals surface area contributed by atoms with Gasteiger partial charge in [0.05, 0.1) is 11.8 Å². The number of carbonyl (C=O) groups is 1. The van der Waals surface area contributed by atoms with Gasteiger partial charge < -0.3 is 9.88 Å². The third kappa shape index (κ3) is 4.37. The molecule has 3 heterocycles. The molecule has 0 bridgehead atoms. The number of aromatic nitrogens is 3. The highest BCUT2D eigenvalue weighted by Gasteiger charge is 2.26. The summed E-state index contributed by atoms with van der Waals surface area (Å²) in [6, 6.07) is 10.3. The van der Waals surface area contributed by atoms with Crippen LogP contribution in [-0.2, 0) is 26.6 Å². The number of fused-ring (bicyclic) bond motifs is 2. The van der Waals surface area contributed by atoms with E-state index in [-0.39, 0.29) is 11.5 Å². The standard InChI is InChI=1S/C26H31N5O2/c1-29-23-13-15-30(17-20-10-6-3-7-11-20)18-22(23)26(33)31-25(29)21(16-28-31)24(32)27-14-12-19-8-4-2-5-9-19/h3,6-8,10-11,16H,2,4-5,9,12-15,17-18H2,1H3,(H,27,32). The highest BCUT2D eigenvalue weighted by Crippen LogP contribution is 2.22. The van der Waals surface area contributed by atoms with Crippen molar-refractivity contribution in [2.75, 3.05) is 13.1 Å². The van der Waals surface area contributed by atoms with Crippen LogP contribution in [0.5, 0.6) is 0 Å². The van der Waals surface area contributed by atoms with Crippen LogP contribution in [0.3, 0.4) is 0 Å². The van der Waals surface area contributed by atoms with E-state index >= 15 is 0 Å². The number of hydrogen-bond acceptors (Lipinski definition) is 4. The Labute approximate surface area is 193 Å². The summed E-state index contributed by atoms with van der Waals surface area (Å²) in [5.41, 5.74) is 5.35. The normalized spacial score (nSPS) is 16.5. The molecule has 0 radical (unpaired) electrons. The summed E-state index contributed by atoms with van der Waals surface area (Å²) < 4.78 is 3.38. The Morgan fingerprint density at radius 1 is 1.15 bits per heavy atom. The van der Waals surface area contributed by atoms with Gasteiger partial charge in [0.2, 0.25) is 0 Å². The molecule has 0 spiro atoms. The van der Waals surface area contributed by atoms with Crippen LogP contribution in [0.2, 0.25) is 0 Å². The summed E-state index contributed by atoms with van der Waals surface area (Å²) in [7, 11) is 1.94. The van der Waals surface area contributed by atoms with Crippen LogP contribution in [0.1, 0.15) is 59.3 Å². The van der Waals surface area contributed by atoms with E-state index in [1.807, 2.05) is 29.8 Å². The van der Waals surface area contributed by atoms with Crippen LogP contribution in [0.4, 0.5) is 0 Å². The van der Waals surface area contributed by atoms with E-state index in [2.05, 4.69) is 33.5 Å². The molecule has 1 aliphatic heterocycles. The molecule has 1 N–H and O–H groups in total. The number of aryl methyl sites for hydroxylation is 1. The van der Waals surface area contributed by atoms with Gasteiger partial charge in [0.15, 0.2) is 5.65 Å². The summed E-state index contributed by atoms with van der Waals surface area (Å²) in [5.74, 6) is -0.169. The zero-order valence-electron chi connectivity index (χ0n) is 19.2. The number of carbonyl (C=O) groups excluding carboxylic acids is 1. The summed E-state index contributed by atoms with van der Waals surface area (Å²) in [5, 5.41) is 7.34. The predicted molar refractivity (Wildman–Crippen MR) is 128 cm³/mol. The van der Waals surface area contributed by atoms with Crippen LogP contribution >= 0.6 is 0 Å². The van der Waals surface area contributed by atoms with Gasteiger partial charge >= 0.3 is 0 Å². The number of amides is 1. The minimum atomic E-state index is -0.169. The van der Waals surface area contributed by atoms with Gasteiger partial charge in [0.1, 0.15) is 5.56 Å². The highest BCUT2D eigenvalue weighted by molar-refractivity contribution is 5.99. The van der Waals surface area contributed by atoms with Crippen molar-refractivity contribution in [3.8, 4) is 0 Å². The molecular weight excluding hydrogens is 414 g/mol. The van der Waals surface area contributed by atoms with E-state index in [1.54, 1.807) is 0 Å². The highest BCUT2D eigenvalue weighted by atomic mass is 16.2. The van der Waals surface area contributed by atoms with E-state index in [0.29, 0.717) is 24.3 Å². The largest absolute Gasteiger partial charge is 0.352 e. The van der Waals surface area contributed by atoms with Gasteiger partial charge in [-0.2, -0.15) is 9.61 Å². The monoisotopic (exact) mass is 445 g/mol. The van der Waals surface area contributed by atoms with Gasteiger partial charge in [-0.25, -0.2) is 0 Å². The lowest BCUT2D eigenvalue weighted by atomic mass is 9.97. The van der Waals surface area contributed by atoms with E-state index in [1.165, 1.54) is 34.7 Å². The fraction of sp³-hybridized carbons (Fsp3) is 0.423. The third-order valence-corrected chi connectivity index (χ3v) is 6.92. The number of nitrogens with zero attached hydrogens (tertiary/aromatic N) is 4. The molecule has 2 aliphatic rings. The average molecular weight is 446 g/mol. The quantitative estimate of drug-likeness (QED) is 0.592. The number of rotatable bonds is 6. The molecule has 0 atom stereocenters. The molecule has 7 heteroatoms. The second-order valence-electron chi connectivity index (χ2n) is 9.14. The Bertz CT molecular complexity index is 1260. The Morgan fingerprint density at radius 2 is 2.00 bits per heavy atom. The van der Waals surface area contributed by atoms with Crippen LogP contribution in [0.15, 0.2) is 53.0 Å². The zero-order chi connectivity index (χ0) is 22.8. The zero-order valence-corrected chi connectivity index (χ0v) is 19.2. The van der Waals surface area contributed by atoms with Gasteiger partial charge in [-0.3, -0.25) is 14.5 Å². The Hall–Kier alpha value is -3.19. The van der Waals surface area contributed by atoms with Gasteiger partial charge in [-0.05, 0) is 37.7 Å². The third-order valence-electron chi connectivity index (χ3n) is 6.92. The number of allylic oxidation sites excluding steroid dienone is 1. The molecule has 0 unspecified atom stereocenters. The number of benzene rings is 1. The van der Waals surface area contributed by atoms with Crippen molar-refractivity contribution in [2.24, 2.45) is 7.05 Å². The molecule has 0 saturated heterocycles. The van der Waals surface area contributed by atoms with Gasteiger partial charge in [0.25, 0.3) is 11.5 Å². The van der Waals surface area contributed by atoms with Crippen molar-refractivity contribution in [3.63, 3.8) is 0 Å². The van der Waals surface area contributed by atoms with E-state index in [4.69, 9.17) is 0 Å². The second kappa shape index (κ2) is 9.35. The Balaban J connectivity index is 1.36. The van der Waals surface area contributed by atoms with Crippen LogP contribution < -0.4 is 10.9 Å². The van der Waals surface area contributed by atoms with Gasteiger partial charge in [-0.1, -0.05) is 42.0 Å². The molecule has 2 aromatic heterocycles. The first-order valence-electron chi connectivity index (χ1n) is 11.9. The van der Waals surface area contributed by atoms with Gasteiger partial charge in [0, 0.05) is 45.3 Å². The summed E-state index contributed by atoms with van der Waals surface area (Å²) in [4.78, 5) is 28.5. The molecule has 1 amide bonds. The lowest BCUT2D eigenvalue weighted by Gasteiger charge is -2.29. The summed E-state index contributed by atoms with van der Waals surface area (Å²) in [6.45, 7) is 2.87. The molecule has 172 valence electrons. The molecule has 1 aromatic carbocycles. The van der Waals surface area contributed by atoms with Crippen molar-refractivity contribution in [2.45, 2.75) is 51.6 Å². The average Bonchev–Trinajstić information content (AvgIpc) is 3.30. The van der Waals surface area contributed by atoms with Crippen LogP contribution in [0.25, 0.3) is 5.65 Å². The first-order valence-corrected chi connectivity index (χ1v) is 11.9. The smallest absolute Gasteiger partial charge is 0.279 e. The van der Waals surface area contributed by atoms with E-state index < -0.39 is 0 Å². The molecule has 0 saturated carbocycles. The molecule has 5 rings (SSSR count). The first-order chi connectivity index (χ1) is 16.1. The minimum Gasteiger partial charge on any atom is -0.352 e. The maximum Gasteiger partial charge on any atom is 0.279 e. The minimum absolute atomic E-state index is 0.123. The van der Waals surface area contributed by atoms with Gasteiger partial charge in [-0.15, -0.1) is 0 Å². The van der Waals surface area contributed by atoms with Crippen molar-refractivity contribution in [1.82, 2.24) is 24.4 Å². The molecular formula is C26H31N5O2. The Morgan fingerprint density at radius 3 is 2.79 bits per heavy atom. The maximum atomic E-state index is 13.3. The van der Waals surface area contributed by atoms with Crippen LogP contribution in [-0.4, -0.2) is 38.1 Å². The molecule has 7 nitrogen and oxygen atoms in total. The SMILES string of the molecule is Cn1c2c(c(=O)n3ncc(C(=O)NCCC4=CCCCC4)c13)CN(Cc1ccccc1)CC2. The second-order valence-corrected chi connectivity index (χ2v) is 9.14. The van der Waals surface area contributed by atoms with Crippen molar-refractivity contribution in [3.05, 3.63) is 80.9 Å². The van der Waals surface area contributed by atoms with E-state index in [0.717, 1.165) is 50.0 Å². The number of hydrogen-bond donors (Lipinski definition) is 1. The van der Waals surface area contributed by atoms with Crippen molar-refractivity contribution in [1.29, 1.82) is 0 Å². The molecule has 33 heavy (non-hydrogen) atoms. The number of nitrogens with one attached hydrogen (secondary N) is 1. The topological polar surface area (TPSA) is 71.6 Å². The van der Waals surface area contributed by atoms with Crippen molar-refractivity contribution < 1.29 is 4.79 Å². The first kappa shape index (κ1) is 21.6. The summed E-state index contributed by atoms with van der Waals surface area (Å²) >= 11 is 0. The molecule has 1 aliphatic carbocycles. The fourth-order valence-corrected chi connectivity index (χ4v) is 5.14. The Kier molecular flexibility index (Phi) is 6.13. The van der Waals surface area contributed by atoms with Crippen molar-refractivity contribution >= 4 is 11.6 Å². The molecule has 0 fully saturated rings. The molecule has 3 aromatic rings. The lowest BCUT2D eigenvalue weighted by molar-refractivity contribution is 0.0955. The predicted octanol–water partition coefficient (Wildman–Crippen LogP) is 3.21.